The molecule has 0 spiro atoms. The van der Waals surface area contributed by atoms with Crippen LogP contribution in [0.2, 0.25) is 0 Å². The van der Waals surface area contributed by atoms with Gasteiger partial charge in [-0.15, -0.1) is 0 Å². The third-order valence-electron chi connectivity index (χ3n) is 8.85. The van der Waals surface area contributed by atoms with Gasteiger partial charge in [-0.25, -0.2) is 9.37 Å². The van der Waals surface area contributed by atoms with Crippen LogP contribution < -0.4 is 10.9 Å². The number of pyridine rings is 1. The highest BCUT2D eigenvalue weighted by Crippen LogP contribution is 2.34. The Hall–Kier alpha value is -4.77. The third-order valence-corrected chi connectivity index (χ3v) is 8.85. The van der Waals surface area contributed by atoms with Gasteiger partial charge >= 0.3 is 0 Å². The average molecular weight is 581 g/mol. The van der Waals surface area contributed by atoms with E-state index in [1.165, 1.54) is 17.0 Å². The smallest absolute Gasteiger partial charge is 0.265 e. The van der Waals surface area contributed by atoms with Gasteiger partial charge in [-0.2, -0.15) is 0 Å². The molecule has 3 aliphatic heterocycles. The van der Waals surface area contributed by atoms with Crippen LogP contribution in [0.1, 0.15) is 58.6 Å². The van der Waals surface area contributed by atoms with E-state index in [1.807, 2.05) is 12.1 Å². The van der Waals surface area contributed by atoms with E-state index >= 15 is 4.39 Å². The van der Waals surface area contributed by atoms with E-state index in [4.69, 9.17) is 0 Å². The minimum atomic E-state index is -0.631. The molecule has 5 heterocycles. The minimum Gasteiger partial charge on any atom is -0.322 e. The van der Waals surface area contributed by atoms with Crippen molar-refractivity contribution >= 4 is 28.6 Å². The molecule has 2 fully saturated rings. The molecule has 43 heavy (non-hydrogen) atoms. The maximum absolute atomic E-state index is 15.1. The number of imide groups is 1. The number of hydrogen-bond acceptors (Lipinski definition) is 7. The fourth-order valence-electron chi connectivity index (χ4n) is 6.50. The van der Waals surface area contributed by atoms with Crippen LogP contribution in [0.4, 0.5) is 4.39 Å². The lowest BCUT2D eigenvalue weighted by Gasteiger charge is -2.32. The van der Waals surface area contributed by atoms with Crippen molar-refractivity contribution in [3.63, 3.8) is 0 Å². The van der Waals surface area contributed by atoms with Crippen molar-refractivity contribution in [1.82, 2.24) is 29.7 Å². The number of nitrogens with one attached hydrogen (secondary N) is 1. The quantitative estimate of drug-likeness (QED) is 0.361. The zero-order valence-electron chi connectivity index (χ0n) is 23.3. The van der Waals surface area contributed by atoms with Gasteiger partial charge in [0.2, 0.25) is 11.8 Å². The first-order valence-corrected chi connectivity index (χ1v) is 14.5. The van der Waals surface area contributed by atoms with E-state index in [0.29, 0.717) is 53.1 Å². The SMILES string of the molecule is O=C1CCC(N2Cc3cc(C4CCN(Cc5cc6c(=O)n(-c7cccnc7)cnc6cc5F)CC4)ccc3C2=O)C(=O)N1. The van der Waals surface area contributed by atoms with E-state index in [0.717, 1.165) is 37.1 Å². The van der Waals surface area contributed by atoms with Crippen LogP contribution in [0.25, 0.3) is 16.6 Å². The van der Waals surface area contributed by atoms with Crippen LogP contribution in [0.5, 0.6) is 0 Å². The molecule has 7 rings (SSSR count). The second-order valence-electron chi connectivity index (χ2n) is 11.5. The summed E-state index contributed by atoms with van der Waals surface area (Å²) in [6, 6.07) is 11.7. The van der Waals surface area contributed by atoms with Crippen molar-refractivity contribution in [1.29, 1.82) is 0 Å². The topological polar surface area (TPSA) is 118 Å². The normalized spacial score (nSPS) is 19.6. The predicted molar refractivity (Wildman–Crippen MR) is 155 cm³/mol. The van der Waals surface area contributed by atoms with Crippen LogP contribution >= 0.6 is 0 Å². The molecule has 1 atom stereocenters. The first-order chi connectivity index (χ1) is 20.9. The zero-order valence-corrected chi connectivity index (χ0v) is 23.3. The van der Waals surface area contributed by atoms with Gasteiger partial charge in [0.1, 0.15) is 18.2 Å². The summed E-state index contributed by atoms with van der Waals surface area (Å²) >= 11 is 0. The number of nitrogens with zero attached hydrogens (tertiary/aromatic N) is 5. The number of rotatable bonds is 5. The molecule has 0 aliphatic carbocycles. The van der Waals surface area contributed by atoms with Crippen LogP contribution in [-0.2, 0) is 22.7 Å². The van der Waals surface area contributed by atoms with Crippen LogP contribution in [-0.4, -0.2) is 61.2 Å². The van der Waals surface area contributed by atoms with Gasteiger partial charge in [0.25, 0.3) is 11.5 Å². The number of halogens is 1. The van der Waals surface area contributed by atoms with E-state index < -0.39 is 11.9 Å². The second-order valence-corrected chi connectivity index (χ2v) is 11.5. The van der Waals surface area contributed by atoms with E-state index in [2.05, 4.69) is 26.3 Å². The van der Waals surface area contributed by atoms with Crippen molar-refractivity contribution < 1.29 is 18.8 Å². The Labute approximate surface area is 246 Å². The number of fused-ring (bicyclic) bond motifs is 2. The predicted octanol–water partition coefficient (Wildman–Crippen LogP) is 3.06. The Balaban J connectivity index is 1.03. The lowest BCUT2D eigenvalue weighted by molar-refractivity contribution is -0.136. The lowest BCUT2D eigenvalue weighted by Crippen LogP contribution is -2.52. The molecule has 3 aliphatic rings. The van der Waals surface area contributed by atoms with Gasteiger partial charge < -0.3 is 4.90 Å². The van der Waals surface area contributed by atoms with Crippen LogP contribution in [0, 0.1) is 5.82 Å². The Bertz CT molecular complexity index is 1830. The lowest BCUT2D eigenvalue weighted by atomic mass is 9.87. The summed E-state index contributed by atoms with van der Waals surface area (Å²) in [5, 5.41) is 2.70. The maximum atomic E-state index is 15.1. The standard InChI is InChI=1S/C32H29FN6O4/c33-26-14-27-25(32(43)39(18-35-27)23-2-1-9-34-15-23)13-22(26)16-37-10-7-19(8-11-37)20-3-4-24-21(12-20)17-38(31(24)42)28-5-6-29(40)36-30(28)41/h1-4,9,12-15,18-19,28H,5-8,10-11,16-17H2,(H,36,40,41). The van der Waals surface area contributed by atoms with Gasteiger partial charge in [0.05, 0.1) is 22.8 Å². The van der Waals surface area contributed by atoms with Crippen molar-refractivity contribution in [2.24, 2.45) is 0 Å². The number of amides is 3. The van der Waals surface area contributed by atoms with E-state index in [-0.39, 0.29) is 29.6 Å². The molecule has 1 N–H and O–H groups in total. The van der Waals surface area contributed by atoms with Gasteiger partial charge in [0.15, 0.2) is 0 Å². The molecule has 4 aromatic rings. The number of carbonyl (C=O) groups excluding carboxylic acids is 3. The first kappa shape index (κ1) is 27.1. The summed E-state index contributed by atoms with van der Waals surface area (Å²) in [6.07, 6.45) is 6.91. The van der Waals surface area contributed by atoms with Gasteiger partial charge in [-0.05, 0) is 73.7 Å². The third kappa shape index (κ3) is 4.99. The molecular formula is C32H29FN6O4. The minimum absolute atomic E-state index is 0.175. The molecule has 0 bridgehead atoms. The largest absolute Gasteiger partial charge is 0.322 e. The zero-order chi connectivity index (χ0) is 29.7. The van der Waals surface area contributed by atoms with Crippen molar-refractivity contribution in [3.8, 4) is 5.69 Å². The van der Waals surface area contributed by atoms with Crippen molar-refractivity contribution in [2.45, 2.75) is 50.7 Å². The number of hydrogen-bond donors (Lipinski definition) is 1. The summed E-state index contributed by atoms with van der Waals surface area (Å²) in [7, 11) is 0. The number of aromatic nitrogens is 3. The average Bonchev–Trinajstić information content (AvgIpc) is 3.34. The van der Waals surface area contributed by atoms with Gasteiger partial charge in [-0.1, -0.05) is 12.1 Å². The maximum Gasteiger partial charge on any atom is 0.265 e. The highest BCUT2D eigenvalue weighted by Gasteiger charge is 2.39. The van der Waals surface area contributed by atoms with Gasteiger partial charge in [-0.3, -0.25) is 38.9 Å². The Morgan fingerprint density at radius 3 is 2.60 bits per heavy atom. The molecule has 11 heteroatoms. The summed E-state index contributed by atoms with van der Waals surface area (Å²) in [5.74, 6) is -0.986. The van der Waals surface area contributed by atoms with Crippen molar-refractivity contribution in [2.75, 3.05) is 13.1 Å². The Morgan fingerprint density at radius 1 is 1.00 bits per heavy atom. The fraction of sp³-hybridized carbons (Fsp3) is 0.312. The number of carbonyl (C=O) groups is 3. The Morgan fingerprint density at radius 2 is 1.84 bits per heavy atom. The molecule has 0 radical (unpaired) electrons. The van der Waals surface area contributed by atoms with Crippen LogP contribution in [0.3, 0.4) is 0 Å². The molecule has 2 saturated heterocycles. The molecule has 2 aromatic heterocycles. The van der Waals surface area contributed by atoms with E-state index in [1.54, 1.807) is 35.5 Å². The summed E-state index contributed by atoms with van der Waals surface area (Å²) < 4.78 is 16.5. The molecule has 10 nitrogen and oxygen atoms in total. The molecule has 1 unspecified atom stereocenters. The van der Waals surface area contributed by atoms with Crippen molar-refractivity contribution in [3.05, 3.63) is 99.6 Å². The second kappa shape index (κ2) is 10.8. The van der Waals surface area contributed by atoms with E-state index in [9.17, 15) is 19.2 Å². The summed E-state index contributed by atoms with van der Waals surface area (Å²) in [5.41, 5.74) is 3.75. The summed E-state index contributed by atoms with van der Waals surface area (Å²) in [4.78, 5) is 62.3. The highest BCUT2D eigenvalue weighted by atomic mass is 19.1. The molecule has 2 aromatic carbocycles. The van der Waals surface area contributed by atoms with Gasteiger partial charge in [0, 0.05) is 42.9 Å². The number of piperidine rings is 2. The molecule has 3 amide bonds. The fourth-order valence-corrected chi connectivity index (χ4v) is 6.50. The van der Waals surface area contributed by atoms with Crippen LogP contribution in [0.15, 0.2) is 66.0 Å². The number of benzene rings is 2. The Kier molecular flexibility index (Phi) is 6.81. The molecular weight excluding hydrogens is 551 g/mol. The first-order valence-electron chi connectivity index (χ1n) is 14.5. The highest BCUT2D eigenvalue weighted by molar-refractivity contribution is 6.05. The monoisotopic (exact) mass is 580 g/mol. The molecule has 0 saturated carbocycles. The summed E-state index contributed by atoms with van der Waals surface area (Å²) in [6.45, 7) is 2.25. The number of likely N-dealkylation sites (tertiary alicyclic amines) is 1. The molecule has 218 valence electrons.